The van der Waals surface area contributed by atoms with Gasteiger partial charge >= 0.3 is 0 Å². The van der Waals surface area contributed by atoms with Gasteiger partial charge in [0.1, 0.15) is 0 Å². The van der Waals surface area contributed by atoms with E-state index in [9.17, 15) is 4.79 Å². The van der Waals surface area contributed by atoms with Crippen molar-refractivity contribution in [3.05, 3.63) is 60.2 Å². The Labute approximate surface area is 145 Å². The average Bonchev–Trinajstić information content (AvgIpc) is 3.09. The third-order valence-corrected chi connectivity index (χ3v) is 4.43. The molecule has 5 nitrogen and oxygen atoms in total. The molecule has 0 fully saturated rings. The van der Waals surface area contributed by atoms with Crippen molar-refractivity contribution in [2.45, 2.75) is 12.1 Å². The van der Waals surface area contributed by atoms with Crippen LogP contribution in [0.15, 0.2) is 59.8 Å². The number of carbonyl (C=O) groups is 1. The molecule has 1 amide bonds. The predicted molar refractivity (Wildman–Crippen MR) is 97.1 cm³/mol. The Morgan fingerprint density at radius 2 is 1.96 bits per heavy atom. The van der Waals surface area contributed by atoms with E-state index in [0.29, 0.717) is 11.0 Å². The molecular weight excluding hydrogens is 320 g/mol. The summed E-state index contributed by atoms with van der Waals surface area (Å²) in [5, 5.41) is 7.68. The van der Waals surface area contributed by atoms with Crippen LogP contribution in [0.3, 0.4) is 0 Å². The molecule has 0 aliphatic carbocycles. The number of rotatable bonds is 5. The first-order valence-electron chi connectivity index (χ1n) is 7.57. The highest BCUT2D eigenvalue weighted by Gasteiger charge is 2.13. The van der Waals surface area contributed by atoms with E-state index < -0.39 is 0 Å². The summed E-state index contributed by atoms with van der Waals surface area (Å²) in [5.74, 6) is 1.01. The summed E-state index contributed by atoms with van der Waals surface area (Å²) < 4.78 is 0. The summed E-state index contributed by atoms with van der Waals surface area (Å²) in [6, 6.07) is 17.6. The SMILES string of the molecule is Cc1cccc(-c2nc(SCC(=O)N(C)c3ccccc3)n[nH]2)c1. The van der Waals surface area contributed by atoms with Crippen molar-refractivity contribution in [3.63, 3.8) is 0 Å². The summed E-state index contributed by atoms with van der Waals surface area (Å²) in [5.41, 5.74) is 3.03. The van der Waals surface area contributed by atoms with Crippen LogP contribution in [0.25, 0.3) is 11.4 Å². The normalized spacial score (nSPS) is 10.6. The Bertz CT molecular complexity index is 832. The molecule has 122 valence electrons. The Balaban J connectivity index is 1.62. The molecule has 3 aromatic rings. The molecule has 1 heterocycles. The van der Waals surface area contributed by atoms with E-state index in [1.165, 1.54) is 11.8 Å². The van der Waals surface area contributed by atoms with Crippen molar-refractivity contribution in [2.24, 2.45) is 0 Å². The molecule has 6 heteroatoms. The maximum atomic E-state index is 12.3. The average molecular weight is 338 g/mol. The first-order valence-corrected chi connectivity index (χ1v) is 8.56. The van der Waals surface area contributed by atoms with Crippen molar-refractivity contribution in [2.75, 3.05) is 17.7 Å². The molecule has 0 bridgehead atoms. The van der Waals surface area contributed by atoms with Gasteiger partial charge in [0.2, 0.25) is 11.1 Å². The van der Waals surface area contributed by atoms with Gasteiger partial charge in [0, 0.05) is 18.3 Å². The molecule has 2 aromatic carbocycles. The van der Waals surface area contributed by atoms with Gasteiger partial charge in [-0.2, -0.15) is 0 Å². The number of hydrogen-bond acceptors (Lipinski definition) is 4. The molecule has 0 radical (unpaired) electrons. The third-order valence-electron chi connectivity index (χ3n) is 3.60. The smallest absolute Gasteiger partial charge is 0.237 e. The largest absolute Gasteiger partial charge is 0.315 e. The number of carbonyl (C=O) groups excluding carboxylic acids is 1. The minimum absolute atomic E-state index is 0.00751. The van der Waals surface area contributed by atoms with Crippen molar-refractivity contribution in [3.8, 4) is 11.4 Å². The number of benzene rings is 2. The van der Waals surface area contributed by atoms with Crippen LogP contribution < -0.4 is 4.90 Å². The fraction of sp³-hybridized carbons (Fsp3) is 0.167. The van der Waals surface area contributed by atoms with E-state index in [2.05, 4.69) is 15.2 Å². The highest BCUT2D eigenvalue weighted by molar-refractivity contribution is 7.99. The van der Waals surface area contributed by atoms with Crippen LogP contribution >= 0.6 is 11.8 Å². The molecule has 0 unspecified atom stereocenters. The Morgan fingerprint density at radius 1 is 1.17 bits per heavy atom. The van der Waals surface area contributed by atoms with E-state index in [1.54, 1.807) is 11.9 Å². The number of para-hydroxylation sites is 1. The van der Waals surface area contributed by atoms with Gasteiger partial charge in [0.25, 0.3) is 0 Å². The van der Waals surface area contributed by atoms with E-state index in [0.717, 1.165) is 16.8 Å². The lowest BCUT2D eigenvalue weighted by atomic mass is 10.1. The Hall–Kier alpha value is -2.60. The van der Waals surface area contributed by atoms with E-state index in [4.69, 9.17) is 0 Å². The fourth-order valence-electron chi connectivity index (χ4n) is 2.25. The molecule has 1 aromatic heterocycles. The molecule has 1 N–H and O–H groups in total. The molecule has 0 spiro atoms. The zero-order valence-corrected chi connectivity index (χ0v) is 14.4. The second kappa shape index (κ2) is 7.31. The van der Waals surface area contributed by atoms with Gasteiger partial charge in [0.15, 0.2) is 5.82 Å². The first kappa shape index (κ1) is 16.3. The highest BCUT2D eigenvalue weighted by Crippen LogP contribution is 2.21. The molecule has 0 atom stereocenters. The second-order valence-electron chi connectivity index (χ2n) is 5.41. The van der Waals surface area contributed by atoms with E-state index in [-0.39, 0.29) is 11.7 Å². The zero-order chi connectivity index (χ0) is 16.9. The van der Waals surface area contributed by atoms with Crippen LogP contribution in [0.1, 0.15) is 5.56 Å². The van der Waals surface area contributed by atoms with E-state index >= 15 is 0 Å². The second-order valence-corrected chi connectivity index (χ2v) is 6.36. The summed E-state index contributed by atoms with van der Waals surface area (Å²) in [6.45, 7) is 2.04. The van der Waals surface area contributed by atoms with Gasteiger partial charge in [-0.05, 0) is 25.1 Å². The number of nitrogens with zero attached hydrogens (tertiary/aromatic N) is 3. The number of hydrogen-bond donors (Lipinski definition) is 1. The van der Waals surface area contributed by atoms with Crippen LogP contribution in [-0.4, -0.2) is 33.9 Å². The van der Waals surface area contributed by atoms with Crippen LogP contribution in [0.2, 0.25) is 0 Å². The van der Waals surface area contributed by atoms with Crippen LogP contribution in [0.4, 0.5) is 5.69 Å². The topological polar surface area (TPSA) is 61.9 Å². The molecule has 0 aliphatic rings. The summed E-state index contributed by atoms with van der Waals surface area (Å²) >= 11 is 1.33. The fourth-order valence-corrected chi connectivity index (χ4v) is 2.96. The number of aromatic amines is 1. The minimum Gasteiger partial charge on any atom is -0.315 e. The monoisotopic (exact) mass is 338 g/mol. The molecule has 3 rings (SSSR count). The van der Waals surface area contributed by atoms with Gasteiger partial charge in [-0.15, -0.1) is 5.10 Å². The lowest BCUT2D eigenvalue weighted by Crippen LogP contribution is -2.27. The van der Waals surface area contributed by atoms with Gasteiger partial charge in [0.05, 0.1) is 5.75 Å². The number of H-pyrrole nitrogens is 1. The summed E-state index contributed by atoms with van der Waals surface area (Å²) in [6.07, 6.45) is 0. The van der Waals surface area contributed by atoms with Crippen molar-refractivity contribution in [1.29, 1.82) is 0 Å². The molecule has 24 heavy (non-hydrogen) atoms. The Kier molecular flexibility index (Phi) is 4.96. The number of anilines is 1. The third kappa shape index (κ3) is 3.83. The zero-order valence-electron chi connectivity index (χ0n) is 13.6. The lowest BCUT2D eigenvalue weighted by Gasteiger charge is -2.16. The van der Waals surface area contributed by atoms with Gasteiger partial charge in [-0.25, -0.2) is 4.98 Å². The van der Waals surface area contributed by atoms with E-state index in [1.807, 2.05) is 61.5 Å². The minimum atomic E-state index is 0.00751. The standard InChI is InChI=1S/C18H18N4OS/c1-13-7-6-8-14(11-13)17-19-18(21-20-17)24-12-16(23)22(2)15-9-4-3-5-10-15/h3-11H,12H2,1-2H3,(H,19,20,21). The molecule has 0 saturated heterocycles. The van der Waals surface area contributed by atoms with Crippen molar-refractivity contribution in [1.82, 2.24) is 15.2 Å². The van der Waals surface area contributed by atoms with Gasteiger partial charge in [-0.3, -0.25) is 9.89 Å². The summed E-state index contributed by atoms with van der Waals surface area (Å²) in [4.78, 5) is 18.4. The number of amides is 1. The van der Waals surface area contributed by atoms with Crippen molar-refractivity contribution >= 4 is 23.4 Å². The van der Waals surface area contributed by atoms with Crippen LogP contribution in [0.5, 0.6) is 0 Å². The predicted octanol–water partition coefficient (Wildman–Crippen LogP) is 3.54. The van der Waals surface area contributed by atoms with Crippen LogP contribution in [0, 0.1) is 6.92 Å². The van der Waals surface area contributed by atoms with Crippen LogP contribution in [-0.2, 0) is 4.79 Å². The number of nitrogens with one attached hydrogen (secondary N) is 1. The first-order chi connectivity index (χ1) is 11.6. The number of aryl methyl sites for hydroxylation is 1. The molecule has 0 saturated carbocycles. The number of thioether (sulfide) groups is 1. The van der Waals surface area contributed by atoms with Gasteiger partial charge in [-0.1, -0.05) is 53.7 Å². The molecular formula is C18H18N4OS. The Morgan fingerprint density at radius 3 is 2.71 bits per heavy atom. The van der Waals surface area contributed by atoms with Gasteiger partial charge < -0.3 is 4.90 Å². The quantitative estimate of drug-likeness (QED) is 0.723. The molecule has 0 aliphatic heterocycles. The maximum absolute atomic E-state index is 12.3. The summed E-state index contributed by atoms with van der Waals surface area (Å²) in [7, 11) is 1.77. The number of aromatic nitrogens is 3. The van der Waals surface area contributed by atoms with Crippen molar-refractivity contribution < 1.29 is 4.79 Å². The lowest BCUT2D eigenvalue weighted by molar-refractivity contribution is -0.115. The maximum Gasteiger partial charge on any atom is 0.237 e. The highest BCUT2D eigenvalue weighted by atomic mass is 32.2.